The quantitative estimate of drug-likeness (QED) is 0.0156. The molecule has 0 fully saturated rings. The van der Waals surface area contributed by atoms with Crippen molar-refractivity contribution < 1.29 is 47.2 Å². The van der Waals surface area contributed by atoms with E-state index >= 15 is 0 Å². The normalized spacial score (nSPS) is 15.2. The first-order valence-corrected chi connectivity index (χ1v) is 23.9. The lowest BCUT2D eigenvalue weighted by Gasteiger charge is -2.24. The molecular formula is C50H81NO9P+. The van der Waals surface area contributed by atoms with E-state index in [0.29, 0.717) is 30.3 Å². The highest BCUT2D eigenvalue weighted by Crippen LogP contribution is 2.43. The summed E-state index contributed by atoms with van der Waals surface area (Å²) in [5.74, 6) is -1.11. The zero-order chi connectivity index (χ0) is 45.1. The van der Waals surface area contributed by atoms with Gasteiger partial charge in [-0.3, -0.25) is 18.6 Å². The summed E-state index contributed by atoms with van der Waals surface area (Å²) in [6.45, 7) is 3.93. The van der Waals surface area contributed by atoms with Crippen LogP contribution in [0, 0.1) is 0 Å². The number of hydrogen-bond donors (Lipinski definition) is 2. The van der Waals surface area contributed by atoms with Gasteiger partial charge in [0.15, 0.2) is 6.10 Å². The molecule has 0 aromatic rings. The number of aliphatic hydroxyl groups is 1. The second kappa shape index (κ2) is 40.4. The molecule has 0 radical (unpaired) electrons. The summed E-state index contributed by atoms with van der Waals surface area (Å²) in [7, 11) is 1.31. The van der Waals surface area contributed by atoms with Crippen molar-refractivity contribution in [3.05, 3.63) is 122 Å². The molecule has 10 nitrogen and oxygen atoms in total. The van der Waals surface area contributed by atoms with Crippen molar-refractivity contribution in [1.29, 1.82) is 0 Å². The summed E-state index contributed by atoms with van der Waals surface area (Å²) < 4.78 is 34.0. The molecule has 0 aliphatic heterocycles. The Kier molecular flexibility index (Phi) is 38.0. The van der Waals surface area contributed by atoms with Crippen LogP contribution < -0.4 is 0 Å². The molecule has 0 saturated heterocycles. The van der Waals surface area contributed by atoms with E-state index in [2.05, 4.69) is 98.9 Å². The van der Waals surface area contributed by atoms with E-state index in [-0.39, 0.29) is 26.1 Å². The molecule has 0 aromatic carbocycles. The molecule has 0 aliphatic rings. The van der Waals surface area contributed by atoms with Crippen molar-refractivity contribution in [2.24, 2.45) is 0 Å². The minimum Gasteiger partial charge on any atom is -0.462 e. The predicted octanol–water partition coefficient (Wildman–Crippen LogP) is 11.9. The van der Waals surface area contributed by atoms with Crippen molar-refractivity contribution in [3.63, 3.8) is 0 Å². The summed E-state index contributed by atoms with van der Waals surface area (Å²) in [4.78, 5) is 35.4. The van der Waals surface area contributed by atoms with Crippen LogP contribution in [0.1, 0.15) is 123 Å². The third-order valence-electron chi connectivity index (χ3n) is 8.59. The molecule has 3 atom stereocenters. The largest absolute Gasteiger partial charge is 0.472 e. The molecule has 1 unspecified atom stereocenters. The number of ether oxygens (including phenoxy) is 2. The number of quaternary nitrogens is 1. The number of nitrogens with zero attached hydrogens (tertiary/aromatic N) is 1. The van der Waals surface area contributed by atoms with Crippen molar-refractivity contribution >= 4 is 19.8 Å². The number of esters is 2. The molecule has 344 valence electrons. The van der Waals surface area contributed by atoms with Crippen LogP contribution in [-0.2, 0) is 32.7 Å². The van der Waals surface area contributed by atoms with Gasteiger partial charge in [0.05, 0.1) is 33.9 Å². The van der Waals surface area contributed by atoms with Crippen molar-refractivity contribution in [3.8, 4) is 0 Å². The monoisotopic (exact) mass is 871 g/mol. The van der Waals surface area contributed by atoms with Crippen LogP contribution in [0.15, 0.2) is 122 Å². The molecule has 0 aliphatic carbocycles. The number of carbonyl (C=O) groups excluding carboxylic acids is 2. The minimum atomic E-state index is -4.45. The first kappa shape index (κ1) is 57.4. The van der Waals surface area contributed by atoms with Crippen LogP contribution in [0.5, 0.6) is 0 Å². The highest BCUT2D eigenvalue weighted by Gasteiger charge is 2.27. The maximum Gasteiger partial charge on any atom is 0.472 e. The molecule has 0 heterocycles. The fourth-order valence-electron chi connectivity index (χ4n) is 5.08. The van der Waals surface area contributed by atoms with E-state index in [9.17, 15) is 24.2 Å². The van der Waals surface area contributed by atoms with E-state index in [0.717, 1.165) is 57.8 Å². The van der Waals surface area contributed by atoms with Gasteiger partial charge in [0, 0.05) is 12.8 Å². The van der Waals surface area contributed by atoms with Gasteiger partial charge in [-0.15, -0.1) is 0 Å². The first-order chi connectivity index (χ1) is 29.4. The van der Waals surface area contributed by atoms with Crippen molar-refractivity contribution in [2.45, 2.75) is 135 Å². The summed E-state index contributed by atoms with van der Waals surface area (Å²) >= 11 is 0. The number of allylic oxidation sites excluding steroid dienone is 19. The predicted molar refractivity (Wildman–Crippen MR) is 253 cm³/mol. The zero-order valence-corrected chi connectivity index (χ0v) is 39.1. The standard InChI is InChI=1S/C50H80NO9P/c1-6-8-10-12-14-16-18-20-21-22-23-24-25-27-29-31-33-35-37-41-50(54)60-48(46-59-61(55,56)58-44-43-51(3,4)5)45-57-49(53)42-38-40-47(52)39-36-34-32-30-28-26-19-17-15-13-11-9-7-2/h8,10,14-17,20-21,23-24,26-29,32-36,39,47-48,52H,6-7,9,11-13,18-19,22,25,30-31,37-38,40-46H2,1-5H3/p+1/b10-8-,16-14-,17-15-,21-20-,24-23-,28-26-,29-27-,34-32-,35-33-,39-36+/t47-,48-/m1/s1. The maximum absolute atomic E-state index is 12.7. The van der Waals surface area contributed by atoms with Gasteiger partial charge in [-0.2, -0.15) is 0 Å². The zero-order valence-electron chi connectivity index (χ0n) is 38.2. The van der Waals surface area contributed by atoms with Crippen LogP contribution >= 0.6 is 7.82 Å². The molecule has 61 heavy (non-hydrogen) atoms. The number of rotatable bonds is 38. The topological polar surface area (TPSA) is 129 Å². The highest BCUT2D eigenvalue weighted by atomic mass is 31.2. The van der Waals surface area contributed by atoms with Crippen LogP contribution in [0.3, 0.4) is 0 Å². The van der Waals surface area contributed by atoms with Crippen LogP contribution in [0.25, 0.3) is 0 Å². The average Bonchev–Trinajstić information content (AvgIpc) is 3.21. The number of hydrogen-bond acceptors (Lipinski definition) is 8. The lowest BCUT2D eigenvalue weighted by Crippen LogP contribution is -2.37. The Hall–Kier alpha value is -3.63. The number of unbranched alkanes of at least 4 members (excludes halogenated alkanes) is 3. The van der Waals surface area contributed by atoms with E-state index < -0.39 is 38.6 Å². The molecule has 11 heteroatoms. The van der Waals surface area contributed by atoms with Gasteiger partial charge < -0.3 is 24.0 Å². The Labute approximate surface area is 370 Å². The van der Waals surface area contributed by atoms with Gasteiger partial charge in [0.1, 0.15) is 19.8 Å². The lowest BCUT2D eigenvalue weighted by molar-refractivity contribution is -0.870. The molecule has 0 spiro atoms. The number of phosphoric acid groups is 1. The molecule has 0 amide bonds. The Morgan fingerprint density at radius 1 is 0.607 bits per heavy atom. The number of aliphatic hydroxyl groups excluding tert-OH is 1. The molecule has 0 rings (SSSR count). The van der Waals surface area contributed by atoms with Gasteiger partial charge in [0.2, 0.25) is 0 Å². The van der Waals surface area contributed by atoms with Crippen molar-refractivity contribution in [2.75, 3.05) is 47.5 Å². The molecule has 0 aromatic heterocycles. The van der Waals surface area contributed by atoms with E-state index in [1.165, 1.54) is 19.3 Å². The highest BCUT2D eigenvalue weighted by molar-refractivity contribution is 7.47. The molecule has 0 saturated carbocycles. The third-order valence-corrected chi connectivity index (χ3v) is 9.58. The minimum absolute atomic E-state index is 0.0191. The van der Waals surface area contributed by atoms with Gasteiger partial charge in [0.25, 0.3) is 0 Å². The van der Waals surface area contributed by atoms with E-state index in [4.69, 9.17) is 18.5 Å². The van der Waals surface area contributed by atoms with E-state index in [1.807, 2.05) is 45.4 Å². The maximum atomic E-state index is 12.7. The molecule has 0 bridgehead atoms. The van der Waals surface area contributed by atoms with Crippen LogP contribution in [-0.4, -0.2) is 86.1 Å². The average molecular weight is 871 g/mol. The Morgan fingerprint density at radius 2 is 1.13 bits per heavy atom. The summed E-state index contributed by atoms with van der Waals surface area (Å²) in [6, 6.07) is 0. The van der Waals surface area contributed by atoms with Gasteiger partial charge in [-0.1, -0.05) is 148 Å². The summed E-state index contributed by atoms with van der Waals surface area (Å²) in [5, 5.41) is 10.3. The molecule has 2 N–H and O–H groups in total. The fraction of sp³-hybridized carbons (Fsp3) is 0.560. The number of carbonyl (C=O) groups is 2. The van der Waals surface area contributed by atoms with Crippen molar-refractivity contribution in [1.82, 2.24) is 0 Å². The van der Waals surface area contributed by atoms with Gasteiger partial charge in [-0.05, 0) is 83.5 Å². The van der Waals surface area contributed by atoms with Crippen LogP contribution in [0.2, 0.25) is 0 Å². The fourth-order valence-corrected chi connectivity index (χ4v) is 5.82. The second-order valence-electron chi connectivity index (χ2n) is 15.5. The third kappa shape index (κ3) is 44.2. The number of phosphoric ester groups is 1. The Balaban J connectivity index is 4.70. The van der Waals surface area contributed by atoms with E-state index in [1.54, 1.807) is 12.2 Å². The number of likely N-dealkylation sites (N-methyl/N-ethyl adjacent to an activating group) is 1. The lowest BCUT2D eigenvalue weighted by atomic mass is 10.1. The summed E-state index contributed by atoms with van der Waals surface area (Å²) in [5.41, 5.74) is 0. The Bertz CT molecular complexity index is 1460. The SMILES string of the molecule is CC/C=C\C/C=C\C/C=C\C/C=C\C/C=C\C/C=C\CCC(=O)O[C@H](COC(=O)CCC[C@H](O)/C=C/C=C\C/C=C\C/C=C\CCCCC)COP(=O)(O)OCC[N+](C)(C)C. The second-order valence-corrected chi connectivity index (χ2v) is 17.0. The van der Waals surface area contributed by atoms with Gasteiger partial charge >= 0.3 is 19.8 Å². The summed E-state index contributed by atoms with van der Waals surface area (Å²) in [6.07, 6.45) is 53.0. The Morgan fingerprint density at radius 3 is 1.67 bits per heavy atom. The first-order valence-electron chi connectivity index (χ1n) is 22.4. The van der Waals surface area contributed by atoms with Gasteiger partial charge in [-0.25, -0.2) is 4.57 Å². The molecular weight excluding hydrogens is 790 g/mol. The van der Waals surface area contributed by atoms with Crippen LogP contribution in [0.4, 0.5) is 0 Å². The smallest absolute Gasteiger partial charge is 0.462 e.